The Labute approximate surface area is 408 Å². The second-order valence-corrected chi connectivity index (χ2v) is 18.9. The molecular weight excluding hydrogens is 865 g/mol. The van der Waals surface area contributed by atoms with Crippen LogP contribution in [0.4, 0.5) is 17.1 Å². The summed E-state index contributed by atoms with van der Waals surface area (Å²) in [5, 5.41) is 14.1. The Balaban J connectivity index is 0.902. The smallest absolute Gasteiger partial charge is 0.137 e. The summed E-state index contributed by atoms with van der Waals surface area (Å²) in [4.78, 5) is 2.36. The zero-order chi connectivity index (χ0) is 46.7. The molecule has 0 amide bonds. The average Bonchev–Trinajstić information content (AvgIpc) is 4.10. The van der Waals surface area contributed by atoms with Gasteiger partial charge in [0, 0.05) is 72.5 Å². The van der Waals surface area contributed by atoms with Crippen LogP contribution in [0.2, 0.25) is 0 Å². The lowest BCUT2D eigenvalue weighted by Gasteiger charge is -2.27. The van der Waals surface area contributed by atoms with E-state index >= 15 is 0 Å². The van der Waals surface area contributed by atoms with Gasteiger partial charge in [-0.2, -0.15) is 0 Å². The van der Waals surface area contributed by atoms with E-state index in [0.717, 1.165) is 88.7 Å². The van der Waals surface area contributed by atoms with Gasteiger partial charge in [-0.05, 0) is 135 Å². The van der Waals surface area contributed by atoms with Gasteiger partial charge in [-0.1, -0.05) is 146 Å². The zero-order valence-corrected chi connectivity index (χ0v) is 38.7. The van der Waals surface area contributed by atoms with E-state index in [1.165, 1.54) is 59.9 Å². The molecule has 0 spiro atoms. The fourth-order valence-electron chi connectivity index (χ4n) is 11.5. The molecule has 332 valence electrons. The Hall–Kier alpha value is -9.38. The van der Waals surface area contributed by atoms with Gasteiger partial charge in [-0.15, -0.1) is 0 Å². The molecule has 0 saturated heterocycles. The van der Waals surface area contributed by atoms with Crippen molar-refractivity contribution >= 4 is 115 Å². The molecule has 0 saturated carbocycles. The van der Waals surface area contributed by atoms with Crippen molar-refractivity contribution in [2.45, 2.75) is 6.92 Å². The Morgan fingerprint density at radius 3 is 1.82 bits per heavy atom. The van der Waals surface area contributed by atoms with Gasteiger partial charge in [-0.3, -0.25) is 0 Å². The highest BCUT2D eigenvalue weighted by Gasteiger charge is 2.23. The first-order chi connectivity index (χ1) is 35.1. The van der Waals surface area contributed by atoms with Gasteiger partial charge in [0.05, 0.1) is 16.7 Å². The molecule has 0 aliphatic carbocycles. The highest BCUT2D eigenvalue weighted by molar-refractivity contribution is 6.18. The largest absolute Gasteiger partial charge is 0.456 e. The molecular formula is C67H42N2O2. The van der Waals surface area contributed by atoms with E-state index in [0.29, 0.717) is 0 Å². The van der Waals surface area contributed by atoms with Crippen molar-refractivity contribution in [2.24, 2.45) is 0 Å². The number of aromatic nitrogens is 1. The third-order valence-corrected chi connectivity index (χ3v) is 14.8. The molecule has 4 nitrogen and oxygen atoms in total. The van der Waals surface area contributed by atoms with Crippen molar-refractivity contribution < 1.29 is 8.83 Å². The number of para-hydroxylation sites is 2. The summed E-state index contributed by atoms with van der Waals surface area (Å²) >= 11 is 0. The minimum absolute atomic E-state index is 0.822. The first-order valence-electron chi connectivity index (χ1n) is 24.3. The third kappa shape index (κ3) is 6.11. The Morgan fingerprint density at radius 1 is 0.352 bits per heavy atom. The molecule has 71 heavy (non-hydrogen) atoms. The second kappa shape index (κ2) is 15.3. The number of furan rings is 2. The van der Waals surface area contributed by atoms with Crippen LogP contribution in [0, 0.1) is 6.92 Å². The highest BCUT2D eigenvalue weighted by Crippen LogP contribution is 2.46. The molecule has 0 aliphatic rings. The third-order valence-electron chi connectivity index (χ3n) is 14.8. The van der Waals surface area contributed by atoms with Gasteiger partial charge in [0.15, 0.2) is 0 Å². The molecule has 4 heteroatoms. The Morgan fingerprint density at radius 2 is 0.972 bits per heavy atom. The number of fused-ring (bicyclic) bond motifs is 13. The summed E-state index contributed by atoms with van der Waals surface area (Å²) in [6.45, 7) is 2.15. The number of aryl methyl sites for hydroxylation is 1. The van der Waals surface area contributed by atoms with Crippen molar-refractivity contribution in [1.82, 2.24) is 4.57 Å². The van der Waals surface area contributed by atoms with E-state index in [4.69, 9.17) is 8.83 Å². The summed E-state index contributed by atoms with van der Waals surface area (Å²) in [5.41, 5.74) is 15.8. The van der Waals surface area contributed by atoms with E-state index in [1.54, 1.807) is 0 Å². The Kier molecular flexibility index (Phi) is 8.54. The minimum atomic E-state index is 0.822. The van der Waals surface area contributed by atoms with Crippen molar-refractivity contribution in [3.8, 4) is 27.9 Å². The molecule has 0 atom stereocenters. The topological polar surface area (TPSA) is 34.5 Å². The number of nitrogens with zero attached hydrogens (tertiary/aromatic N) is 2. The normalized spacial score (nSPS) is 12.0. The highest BCUT2D eigenvalue weighted by atomic mass is 16.3. The molecule has 0 fully saturated rings. The minimum Gasteiger partial charge on any atom is -0.456 e. The van der Waals surface area contributed by atoms with Crippen molar-refractivity contribution in [1.29, 1.82) is 0 Å². The van der Waals surface area contributed by atoms with Gasteiger partial charge in [-0.25, -0.2) is 0 Å². The molecule has 0 aliphatic heterocycles. The number of hydrogen-bond acceptors (Lipinski definition) is 3. The van der Waals surface area contributed by atoms with Gasteiger partial charge in [0.1, 0.15) is 22.3 Å². The van der Waals surface area contributed by atoms with E-state index < -0.39 is 0 Å². The van der Waals surface area contributed by atoms with Crippen molar-refractivity contribution in [3.05, 3.63) is 242 Å². The van der Waals surface area contributed by atoms with Gasteiger partial charge >= 0.3 is 0 Å². The second-order valence-electron chi connectivity index (χ2n) is 18.9. The van der Waals surface area contributed by atoms with Gasteiger partial charge in [0.2, 0.25) is 0 Å². The molecule has 0 bridgehead atoms. The summed E-state index contributed by atoms with van der Waals surface area (Å²) in [6, 6.07) is 85.7. The lowest BCUT2D eigenvalue weighted by Crippen LogP contribution is -2.10. The van der Waals surface area contributed by atoms with Crippen LogP contribution in [-0.4, -0.2) is 4.57 Å². The predicted octanol–water partition coefficient (Wildman–Crippen LogP) is 19.2. The van der Waals surface area contributed by atoms with Crippen LogP contribution >= 0.6 is 0 Å². The molecule has 12 aromatic carbocycles. The van der Waals surface area contributed by atoms with Crippen LogP contribution in [0.25, 0.3) is 126 Å². The molecule has 0 unspecified atom stereocenters. The quantitative estimate of drug-likeness (QED) is 0.156. The van der Waals surface area contributed by atoms with Crippen LogP contribution in [0.5, 0.6) is 0 Å². The van der Waals surface area contributed by atoms with E-state index in [9.17, 15) is 0 Å². The maximum absolute atomic E-state index is 6.99. The fraction of sp³-hybridized carbons (Fsp3) is 0.0149. The first kappa shape index (κ1) is 39.6. The first-order valence-corrected chi connectivity index (χ1v) is 24.3. The maximum Gasteiger partial charge on any atom is 0.137 e. The Bertz CT molecular complexity index is 4670. The van der Waals surface area contributed by atoms with Crippen LogP contribution in [0.15, 0.2) is 245 Å². The molecule has 3 heterocycles. The molecule has 15 aromatic rings. The lowest BCUT2D eigenvalue weighted by atomic mass is 9.98. The number of rotatable bonds is 6. The fourth-order valence-corrected chi connectivity index (χ4v) is 11.5. The summed E-state index contributed by atoms with van der Waals surface area (Å²) in [5.74, 6) is 0. The lowest BCUT2D eigenvalue weighted by molar-refractivity contribution is 0.669. The van der Waals surface area contributed by atoms with E-state index in [1.807, 2.05) is 0 Å². The molecule has 15 rings (SSSR count). The predicted molar refractivity (Wildman–Crippen MR) is 298 cm³/mol. The molecule has 0 radical (unpaired) electrons. The van der Waals surface area contributed by atoms with Crippen LogP contribution in [-0.2, 0) is 0 Å². The van der Waals surface area contributed by atoms with Crippen LogP contribution in [0.3, 0.4) is 0 Å². The monoisotopic (exact) mass is 906 g/mol. The standard InChI is InChI=1S/C67H42N2O2/c1-41-13-11-24-62-66(41)58-33-30-50(40-65(58)70-62)68(61-37-46-16-7-8-19-51(46)53-20-9-10-21-54(53)61)49-29-32-56-55-31-27-47(38-63(55)71-64(56)39-49)52-22-12-23-57-59-36-45(44-26-25-42-14-5-6-15-43(42)35-44)28-34-60(59)69(67(52)57)48-17-3-2-4-18-48/h2-40H,1H3. The number of anilines is 3. The SMILES string of the molecule is Cc1cccc2oc3cc(N(c4ccc5c(c4)oc4cc(-c6cccc7c8cc(-c9ccc%10ccccc%10c9)ccc8n(-c8ccccc8)c67)ccc45)c4cc5ccccc5c5ccccc45)ccc3c12. The van der Waals surface area contributed by atoms with Crippen molar-refractivity contribution in [3.63, 3.8) is 0 Å². The average molecular weight is 907 g/mol. The van der Waals surface area contributed by atoms with Crippen LogP contribution < -0.4 is 4.90 Å². The summed E-state index contributed by atoms with van der Waals surface area (Å²) < 4.78 is 16.0. The summed E-state index contributed by atoms with van der Waals surface area (Å²) in [6.07, 6.45) is 0. The van der Waals surface area contributed by atoms with E-state index in [2.05, 4.69) is 253 Å². The van der Waals surface area contributed by atoms with Crippen LogP contribution in [0.1, 0.15) is 5.56 Å². The number of benzene rings is 12. The number of hydrogen-bond donors (Lipinski definition) is 0. The maximum atomic E-state index is 6.99. The molecule has 3 aromatic heterocycles. The molecule has 0 N–H and O–H groups in total. The zero-order valence-electron chi connectivity index (χ0n) is 38.7. The van der Waals surface area contributed by atoms with Gasteiger partial charge in [0.25, 0.3) is 0 Å². The van der Waals surface area contributed by atoms with Gasteiger partial charge < -0.3 is 18.3 Å². The van der Waals surface area contributed by atoms with E-state index in [-0.39, 0.29) is 0 Å². The summed E-state index contributed by atoms with van der Waals surface area (Å²) in [7, 11) is 0. The van der Waals surface area contributed by atoms with Crippen molar-refractivity contribution in [2.75, 3.05) is 4.90 Å².